The van der Waals surface area contributed by atoms with Crippen LogP contribution in [0.3, 0.4) is 0 Å². The zero-order chi connectivity index (χ0) is 103. The lowest BCUT2D eigenvalue weighted by molar-refractivity contribution is -0.174. The molecule has 0 radical (unpaired) electrons. The maximum atomic E-state index is 12.5. The van der Waals surface area contributed by atoms with E-state index in [1.165, 1.54) is 30.3 Å². The van der Waals surface area contributed by atoms with Gasteiger partial charge < -0.3 is 68.5 Å². The van der Waals surface area contributed by atoms with Gasteiger partial charge in [0.1, 0.15) is 29.0 Å². The Balaban J connectivity index is 0.000000173. The van der Waals surface area contributed by atoms with Crippen LogP contribution >= 0.6 is 0 Å². The Morgan fingerprint density at radius 3 is 1.17 bits per heavy atom. The number of rotatable bonds is 32. The number of aromatic nitrogens is 6. The molecule has 4 aliphatic rings. The number of fused-ring (bicyclic) bond motifs is 8. The number of halogens is 3. The number of ketones is 2. The molecule has 44 nitrogen and oxygen atoms in total. The topological polar surface area (TPSA) is 557 Å². The average Bonchev–Trinajstić information content (AvgIpc) is 1.66. The van der Waals surface area contributed by atoms with E-state index in [9.17, 15) is 85.1 Å². The fourth-order valence-electron chi connectivity index (χ4n) is 13.1. The van der Waals surface area contributed by atoms with E-state index in [1.807, 2.05) is 98.8 Å². The van der Waals surface area contributed by atoms with Crippen molar-refractivity contribution in [3.8, 4) is 0 Å². The summed E-state index contributed by atoms with van der Waals surface area (Å²) in [5.74, 6) is -2.01. The number of benzene rings is 8. The number of likely N-dealkylation sites (N-methyl/N-ethyl adjacent to an activating group) is 2. The van der Waals surface area contributed by atoms with Crippen LogP contribution in [0.15, 0.2) is 191 Å². The third kappa shape index (κ3) is 29.2. The number of amides is 12. The smallest absolute Gasteiger partial charge is 0.471 e. The monoisotopic (exact) mass is 1950 g/mol. The number of Topliss-reactive ketones (excluding diaryl/α,β-unsaturated/α-hetero) is 2. The molecule has 8 heterocycles. The van der Waals surface area contributed by atoms with Gasteiger partial charge in [0.2, 0.25) is 23.7 Å². The number of hydroxylamine groups is 8. The summed E-state index contributed by atoms with van der Waals surface area (Å²) in [4.78, 5) is 213. The van der Waals surface area contributed by atoms with Gasteiger partial charge in [0.15, 0.2) is 16.9 Å². The van der Waals surface area contributed by atoms with Crippen LogP contribution in [0.25, 0.3) is 44.3 Å². The van der Waals surface area contributed by atoms with Crippen LogP contribution in [-0.2, 0) is 62.1 Å². The zero-order valence-corrected chi connectivity index (χ0v) is 77.8. The predicted molar refractivity (Wildman–Crippen MR) is 497 cm³/mol. The largest absolute Gasteiger partial charge is 0.478 e. The van der Waals surface area contributed by atoms with Crippen molar-refractivity contribution in [3.63, 3.8) is 0 Å². The molecule has 10 N–H and O–H groups in total. The third-order valence-corrected chi connectivity index (χ3v) is 19.7. The highest BCUT2D eigenvalue weighted by Gasteiger charge is 2.41. The van der Waals surface area contributed by atoms with E-state index < -0.39 is 90.2 Å². The summed E-state index contributed by atoms with van der Waals surface area (Å²) in [5.41, 5.74) is 8.09. The van der Waals surface area contributed by atoms with E-state index in [0.29, 0.717) is 130 Å². The molecule has 742 valence electrons. The van der Waals surface area contributed by atoms with Crippen molar-refractivity contribution in [3.05, 3.63) is 238 Å². The first-order valence-corrected chi connectivity index (χ1v) is 43.2. The van der Waals surface area contributed by atoms with Crippen molar-refractivity contribution in [2.45, 2.75) is 58.7 Å². The van der Waals surface area contributed by atoms with Gasteiger partial charge in [0.05, 0.1) is 112 Å². The number of carbonyl (C=O) groups excluding carboxylic acids is 14. The Morgan fingerprint density at radius 1 is 0.454 bits per heavy atom. The number of carboxylic acids is 1. The minimum Gasteiger partial charge on any atom is -0.478 e. The van der Waals surface area contributed by atoms with Gasteiger partial charge in [0, 0.05) is 65.3 Å². The van der Waals surface area contributed by atoms with E-state index in [2.05, 4.69) is 51.4 Å². The lowest BCUT2D eigenvalue weighted by Gasteiger charge is -2.20. The number of ether oxygens (including phenoxy) is 2. The number of carboxylic acid groups (broad SMARTS) is 1. The molecule has 0 atom stereocenters. The first-order valence-electron chi connectivity index (χ1n) is 43.2. The van der Waals surface area contributed by atoms with Crippen LogP contribution in [0.1, 0.15) is 151 Å². The van der Waals surface area contributed by atoms with Gasteiger partial charge in [-0.15, -0.1) is 20.3 Å². The van der Waals surface area contributed by atoms with Crippen molar-refractivity contribution >= 4 is 157 Å². The lowest BCUT2D eigenvalue weighted by Crippen LogP contribution is -2.40. The van der Waals surface area contributed by atoms with Crippen molar-refractivity contribution in [1.82, 2.24) is 80.4 Å². The number of nitrogens with one attached hydrogen (secondary N) is 6. The van der Waals surface area contributed by atoms with Gasteiger partial charge in [-0.1, -0.05) is 79.7 Å². The van der Waals surface area contributed by atoms with Crippen molar-refractivity contribution in [2.75, 3.05) is 118 Å². The number of hydrogen-bond donors (Lipinski definition) is 9. The van der Waals surface area contributed by atoms with Gasteiger partial charge in [-0.25, -0.2) is 25.5 Å². The molecule has 0 unspecified atom stereocenters. The highest BCUT2D eigenvalue weighted by Crippen LogP contribution is 2.31. The average molecular weight is 1950 g/mol. The highest BCUT2D eigenvalue weighted by atomic mass is 19.4. The quantitative estimate of drug-likeness (QED) is 0.00623. The fraction of sp³-hybridized carbons (Fsp3) is 0.287. The number of aryl methyl sites for hydroxylation is 2. The molecule has 12 amide bonds. The minimum absolute atomic E-state index is 0.0212. The first-order chi connectivity index (χ1) is 67.2. The van der Waals surface area contributed by atoms with E-state index >= 15 is 0 Å². The number of alkyl halides is 3. The number of oxazole rings is 2. The summed E-state index contributed by atoms with van der Waals surface area (Å²) in [5, 5.41) is 35.5. The number of imide groups is 4. The number of aromatic carboxylic acids is 1. The maximum Gasteiger partial charge on any atom is 0.471 e. The second-order valence-electron chi connectivity index (χ2n) is 31.9. The van der Waals surface area contributed by atoms with Crippen LogP contribution in [0.4, 0.5) is 41.9 Å². The van der Waals surface area contributed by atoms with E-state index in [0.717, 1.165) is 27.1 Å². The summed E-state index contributed by atoms with van der Waals surface area (Å²) in [7, 11) is 10.9. The molecule has 4 aliphatic heterocycles. The SMILES string of the molecule is CC(C)(C)OC(=O)NCCON1C(=O)c2ccccc2C1=O.CCC(=O)CCCOCC(=O)c1ccc2c(c1)nc(Nc1nc3ccccc3o1)n2C.CN(C)CC(=O)NCCON.CN(C)CC(=O)NCCON1C(=O)c2ccccc2C1=O.Cn1c(Nc2nc3ccccc3o2)nc2cc(C(=O)O)ccc21.O=C1c2ccccc2C(=O)N1O.O=C1c2ccccc2C(=O)N1OCCNC(=O)C(F)(F)F. The van der Waals surface area contributed by atoms with Crippen molar-refractivity contribution < 1.29 is 133 Å². The summed E-state index contributed by atoms with van der Waals surface area (Å²) < 4.78 is 61.2. The number of carbonyl (C=O) groups is 15. The normalized spacial score (nSPS) is 12.8. The first kappa shape index (κ1) is 107. The fourth-order valence-corrected chi connectivity index (χ4v) is 13.1. The molecular weight excluding hydrogens is 1850 g/mol. The molecule has 0 bridgehead atoms. The summed E-state index contributed by atoms with van der Waals surface area (Å²) >= 11 is 0. The van der Waals surface area contributed by atoms with Crippen LogP contribution in [0.5, 0.6) is 0 Å². The molecule has 12 aromatic rings. The zero-order valence-electron chi connectivity index (χ0n) is 77.8. The van der Waals surface area contributed by atoms with Crippen molar-refractivity contribution in [1.29, 1.82) is 0 Å². The molecule has 8 aromatic carbocycles. The van der Waals surface area contributed by atoms with E-state index in [4.69, 9.17) is 49.0 Å². The molecule has 0 spiro atoms. The highest BCUT2D eigenvalue weighted by molar-refractivity contribution is 6.23. The number of nitrogens with zero attached hydrogens (tertiary/aromatic N) is 12. The molecule has 47 heteroatoms. The Labute approximate surface area is 800 Å². The minimum atomic E-state index is -4.99. The summed E-state index contributed by atoms with van der Waals surface area (Å²) in [6.07, 6.45) is -3.93. The third-order valence-electron chi connectivity index (χ3n) is 19.7. The van der Waals surface area contributed by atoms with Gasteiger partial charge in [0.25, 0.3) is 47.3 Å². The second kappa shape index (κ2) is 49.7. The molecule has 0 saturated carbocycles. The van der Waals surface area contributed by atoms with Gasteiger partial charge in [-0.05, 0) is 165 Å². The molecule has 4 aromatic heterocycles. The van der Waals surface area contributed by atoms with Crippen LogP contribution in [-0.4, -0.2) is 277 Å². The Morgan fingerprint density at radius 2 is 0.809 bits per heavy atom. The van der Waals surface area contributed by atoms with Crippen LogP contribution in [0, 0.1) is 0 Å². The predicted octanol–water partition coefficient (Wildman–Crippen LogP) is 9.32. The molecular formula is C94H100F3N19O25. The molecule has 141 heavy (non-hydrogen) atoms. The van der Waals surface area contributed by atoms with Gasteiger partial charge in [-0.3, -0.25) is 92.7 Å². The number of anilines is 4. The molecule has 0 aliphatic carbocycles. The number of nitrogens with two attached hydrogens (primary N) is 1. The molecule has 16 rings (SSSR count). The summed E-state index contributed by atoms with van der Waals surface area (Å²) in [6.45, 7) is 8.35. The molecule has 0 fully saturated rings. The van der Waals surface area contributed by atoms with Crippen LogP contribution in [0.2, 0.25) is 0 Å². The standard InChI is InChI=1S/C23H24N4O4.C16H12N4O3.C15H18N2O5.C14H17N3O4.C12H9F3N2O4.C8H5NO3.C6H15N3O2/c1-3-16(28)7-6-12-30-14-20(29)15-10-11-19-18(13-15)24-22(27(19)2)26-23-25-17-8-4-5-9-21(17)31-23;1-20-12-7-6-9(14(21)22)8-11(12)17-15(20)19-16-18-10-4-2-3-5-13(10)23-16;1-15(2,3)22-14(20)16-8-9-21-17-12(18)10-6-4-5-7-11(10)13(17)19;1-16(2)9-12(18)15-7-8-21-17-13(19)10-5-3-4-6-11(10)14(17)20;13-12(14,15)11(20)16-5-6-21-17-9(18)7-3-1-2-4-8(7)10(17)19;10-7-5-3-1-2-4-6(5)8(11)9(7)12;1-9(2)5-6(10)8-3-4-11-7/h4-5,8-11,13H,3,6-7,12,14H2,1-2H3,(H,24,25,26);2-8H,1H3,(H,21,22)(H,17,18,19);4-7H,8-9H2,1-3H3,(H,16,20);3-6H,7-9H2,1-2H3,(H,15,18);1-4H,5-6H2,(H,16,20);1-4,12H;3-5,7H2,1-2H3,(H,8,10). The number of hydrogen-bond acceptors (Lipinski definition) is 33. The Bertz CT molecular complexity index is 6420. The number of para-hydroxylation sites is 4. The van der Waals surface area contributed by atoms with E-state index in [-0.39, 0.29) is 95.7 Å². The Hall–Kier alpha value is -16.3. The van der Waals surface area contributed by atoms with Gasteiger partial charge in [-0.2, -0.15) is 23.1 Å². The number of imidazole rings is 2. The van der Waals surface area contributed by atoms with Gasteiger partial charge >= 0.3 is 36.2 Å². The van der Waals surface area contributed by atoms with Crippen molar-refractivity contribution in [2.24, 2.45) is 20.0 Å². The molecule has 0 saturated heterocycles. The maximum absolute atomic E-state index is 12.5. The summed E-state index contributed by atoms with van der Waals surface area (Å²) in [6, 6.07) is 51.2. The van der Waals surface area contributed by atoms with E-state index in [1.54, 1.807) is 147 Å². The van der Waals surface area contributed by atoms with Crippen LogP contribution < -0.4 is 37.8 Å². The lowest BCUT2D eigenvalue weighted by atomic mass is 10.1. The number of alkyl carbamates (subject to hydrolysis) is 1. The Kier molecular flexibility index (Phi) is 37.6. The second-order valence-corrected chi connectivity index (χ2v) is 31.9.